The van der Waals surface area contributed by atoms with E-state index in [0.29, 0.717) is 0 Å². The molecule has 2 N–H and O–H groups in total. The number of aromatic nitrogens is 2. The molecule has 0 radical (unpaired) electrons. The first-order valence-corrected chi connectivity index (χ1v) is 7.27. The predicted octanol–water partition coefficient (Wildman–Crippen LogP) is 2.86. The largest absolute Gasteiger partial charge is 0.330 e. The SMILES string of the molecule is Cc1ccc2nsnc2c1NC(=S)NC(=O)C(C)(C)C. The highest BCUT2D eigenvalue weighted by Crippen LogP contribution is 2.25. The number of fused-ring (bicyclic) bond motifs is 1. The molecule has 1 aromatic carbocycles. The van der Waals surface area contributed by atoms with Crippen molar-refractivity contribution in [1.29, 1.82) is 0 Å². The van der Waals surface area contributed by atoms with Crippen LogP contribution in [0.1, 0.15) is 26.3 Å². The Kier molecular flexibility index (Phi) is 4.01. The monoisotopic (exact) mass is 308 g/mol. The minimum atomic E-state index is -0.491. The maximum absolute atomic E-state index is 11.9. The van der Waals surface area contributed by atoms with E-state index in [-0.39, 0.29) is 11.0 Å². The van der Waals surface area contributed by atoms with Crippen LogP contribution in [0.3, 0.4) is 0 Å². The van der Waals surface area contributed by atoms with Crippen molar-refractivity contribution in [2.24, 2.45) is 5.41 Å². The van der Waals surface area contributed by atoms with Crippen molar-refractivity contribution in [1.82, 2.24) is 14.1 Å². The first kappa shape index (κ1) is 14.8. The molecule has 0 saturated heterocycles. The van der Waals surface area contributed by atoms with Gasteiger partial charge in [0.1, 0.15) is 11.0 Å². The smallest absolute Gasteiger partial charge is 0.231 e. The van der Waals surface area contributed by atoms with E-state index in [4.69, 9.17) is 12.2 Å². The number of aryl methyl sites for hydroxylation is 1. The normalized spacial score (nSPS) is 11.4. The average Bonchev–Trinajstić information content (AvgIpc) is 2.80. The number of carbonyl (C=O) groups is 1. The van der Waals surface area contributed by atoms with Crippen LogP contribution in [-0.4, -0.2) is 19.8 Å². The highest BCUT2D eigenvalue weighted by molar-refractivity contribution is 7.80. The molecule has 0 atom stereocenters. The summed E-state index contributed by atoms with van der Waals surface area (Å²) in [5.41, 5.74) is 2.87. The van der Waals surface area contributed by atoms with Crippen molar-refractivity contribution in [3.8, 4) is 0 Å². The number of carbonyl (C=O) groups excluding carboxylic acids is 1. The lowest BCUT2D eigenvalue weighted by Gasteiger charge is -2.19. The fraction of sp³-hybridized carbons (Fsp3) is 0.385. The molecule has 2 rings (SSSR count). The van der Waals surface area contributed by atoms with E-state index in [2.05, 4.69) is 19.4 Å². The lowest BCUT2D eigenvalue weighted by molar-refractivity contribution is -0.126. The molecule has 7 heteroatoms. The van der Waals surface area contributed by atoms with Gasteiger partial charge >= 0.3 is 0 Å². The molecule has 0 bridgehead atoms. The lowest BCUT2D eigenvalue weighted by atomic mass is 9.96. The Bertz CT molecular complexity index is 673. The van der Waals surface area contributed by atoms with E-state index >= 15 is 0 Å². The summed E-state index contributed by atoms with van der Waals surface area (Å²) in [5, 5.41) is 6.01. The number of anilines is 1. The van der Waals surface area contributed by atoms with Crippen molar-refractivity contribution in [2.75, 3.05) is 5.32 Å². The third-order valence-corrected chi connectivity index (χ3v) is 3.53. The van der Waals surface area contributed by atoms with E-state index < -0.39 is 5.41 Å². The molecule has 0 aliphatic carbocycles. The second-order valence-corrected chi connectivity index (χ2v) is 6.48. The Balaban J connectivity index is 2.20. The molecule has 0 fully saturated rings. The summed E-state index contributed by atoms with van der Waals surface area (Å²) < 4.78 is 8.44. The molecule has 2 aromatic rings. The van der Waals surface area contributed by atoms with Crippen LogP contribution in [0.15, 0.2) is 12.1 Å². The van der Waals surface area contributed by atoms with Gasteiger partial charge in [0, 0.05) is 5.41 Å². The number of hydrogen-bond donors (Lipinski definition) is 2. The van der Waals surface area contributed by atoms with Crippen LogP contribution in [0.5, 0.6) is 0 Å². The summed E-state index contributed by atoms with van der Waals surface area (Å²) in [5.74, 6) is -0.128. The fourth-order valence-electron chi connectivity index (χ4n) is 1.55. The minimum absolute atomic E-state index is 0.128. The van der Waals surface area contributed by atoms with Crippen LogP contribution in [-0.2, 0) is 4.79 Å². The fourth-order valence-corrected chi connectivity index (χ4v) is 2.28. The lowest BCUT2D eigenvalue weighted by Crippen LogP contribution is -2.41. The molecule has 1 amide bonds. The van der Waals surface area contributed by atoms with Gasteiger partial charge in [-0.3, -0.25) is 4.79 Å². The van der Waals surface area contributed by atoms with E-state index in [1.165, 1.54) is 0 Å². The summed E-state index contributed by atoms with van der Waals surface area (Å²) in [4.78, 5) is 11.9. The summed E-state index contributed by atoms with van der Waals surface area (Å²) in [6.45, 7) is 7.46. The molecule has 1 heterocycles. The van der Waals surface area contributed by atoms with Crippen LogP contribution >= 0.6 is 23.9 Å². The highest BCUT2D eigenvalue weighted by Gasteiger charge is 2.22. The third kappa shape index (κ3) is 3.10. The van der Waals surface area contributed by atoms with Gasteiger partial charge < -0.3 is 10.6 Å². The summed E-state index contributed by atoms with van der Waals surface area (Å²) in [6.07, 6.45) is 0. The summed E-state index contributed by atoms with van der Waals surface area (Å²) in [6, 6.07) is 3.86. The van der Waals surface area contributed by atoms with Gasteiger partial charge in [-0.15, -0.1) is 0 Å². The molecule has 5 nitrogen and oxygen atoms in total. The Morgan fingerprint density at radius 1 is 1.30 bits per heavy atom. The van der Waals surface area contributed by atoms with Crippen LogP contribution < -0.4 is 10.6 Å². The Morgan fingerprint density at radius 3 is 2.65 bits per heavy atom. The van der Waals surface area contributed by atoms with E-state index in [1.807, 2.05) is 39.8 Å². The number of nitrogens with zero attached hydrogens (tertiary/aromatic N) is 2. The number of nitrogens with one attached hydrogen (secondary N) is 2. The van der Waals surface area contributed by atoms with Crippen molar-refractivity contribution in [3.05, 3.63) is 17.7 Å². The zero-order valence-electron chi connectivity index (χ0n) is 11.8. The second-order valence-electron chi connectivity index (χ2n) is 5.55. The number of hydrogen-bond acceptors (Lipinski definition) is 5. The van der Waals surface area contributed by atoms with Crippen LogP contribution in [0.25, 0.3) is 11.0 Å². The number of amides is 1. The first-order chi connectivity index (χ1) is 9.29. The summed E-state index contributed by atoms with van der Waals surface area (Å²) in [7, 11) is 0. The standard InChI is InChI=1S/C13H16N4OS2/c1-7-5-6-8-10(17-20-16-8)9(7)14-12(19)15-11(18)13(2,3)4/h5-6H,1-4H3,(H2,14,15,18,19). The zero-order chi connectivity index (χ0) is 14.9. The maximum atomic E-state index is 11.9. The van der Waals surface area contributed by atoms with Gasteiger partial charge in [-0.25, -0.2) is 0 Å². The molecule has 106 valence electrons. The van der Waals surface area contributed by atoms with Gasteiger partial charge in [0.25, 0.3) is 0 Å². The van der Waals surface area contributed by atoms with Crippen molar-refractivity contribution >= 4 is 51.7 Å². The molecule has 0 aliphatic rings. The minimum Gasteiger partial charge on any atom is -0.330 e. The molecule has 0 aliphatic heterocycles. The van der Waals surface area contributed by atoms with Crippen molar-refractivity contribution < 1.29 is 4.79 Å². The van der Waals surface area contributed by atoms with Gasteiger partial charge in [0.15, 0.2) is 5.11 Å². The van der Waals surface area contributed by atoms with Crippen LogP contribution in [0.4, 0.5) is 5.69 Å². The van der Waals surface area contributed by atoms with Crippen LogP contribution in [0.2, 0.25) is 0 Å². The second kappa shape index (κ2) is 5.41. The maximum Gasteiger partial charge on any atom is 0.231 e. The molecule has 0 spiro atoms. The Hall–Kier alpha value is -1.60. The van der Waals surface area contributed by atoms with E-state index in [0.717, 1.165) is 34.0 Å². The number of thiocarbonyl (C=S) groups is 1. The van der Waals surface area contributed by atoms with Gasteiger partial charge in [-0.05, 0) is 30.8 Å². The third-order valence-electron chi connectivity index (χ3n) is 2.78. The van der Waals surface area contributed by atoms with Crippen molar-refractivity contribution in [2.45, 2.75) is 27.7 Å². The predicted molar refractivity (Wildman–Crippen MR) is 86.0 cm³/mol. The van der Waals surface area contributed by atoms with Gasteiger partial charge in [-0.2, -0.15) is 8.75 Å². The highest BCUT2D eigenvalue weighted by atomic mass is 32.1. The zero-order valence-corrected chi connectivity index (χ0v) is 13.4. The molecule has 0 saturated carbocycles. The van der Waals surface area contributed by atoms with Crippen molar-refractivity contribution in [3.63, 3.8) is 0 Å². The molecule has 1 aromatic heterocycles. The first-order valence-electron chi connectivity index (χ1n) is 6.13. The van der Waals surface area contributed by atoms with E-state index in [1.54, 1.807) is 0 Å². The Morgan fingerprint density at radius 2 is 2.00 bits per heavy atom. The van der Waals surface area contributed by atoms with E-state index in [9.17, 15) is 4.79 Å². The topological polar surface area (TPSA) is 66.9 Å². The molecule has 0 unspecified atom stereocenters. The average molecular weight is 308 g/mol. The van der Waals surface area contributed by atoms with Gasteiger partial charge in [0.05, 0.1) is 17.4 Å². The van der Waals surface area contributed by atoms with Crippen LogP contribution in [0, 0.1) is 12.3 Å². The quantitative estimate of drug-likeness (QED) is 0.793. The number of rotatable bonds is 1. The number of benzene rings is 1. The Labute approximate surface area is 127 Å². The summed E-state index contributed by atoms with van der Waals surface area (Å²) >= 11 is 6.34. The molecular weight excluding hydrogens is 292 g/mol. The molecular formula is C13H16N4OS2. The van der Waals surface area contributed by atoms with Gasteiger partial charge in [-0.1, -0.05) is 26.8 Å². The van der Waals surface area contributed by atoms with Gasteiger partial charge in [0.2, 0.25) is 5.91 Å². The molecule has 20 heavy (non-hydrogen) atoms.